The van der Waals surface area contributed by atoms with Crippen LogP contribution in [0.4, 0.5) is 9.59 Å². The molecule has 2 heterocycles. The molecule has 2 aliphatic rings. The summed E-state index contributed by atoms with van der Waals surface area (Å²) in [5.74, 6) is -1.41. The lowest BCUT2D eigenvalue weighted by Gasteiger charge is -2.46. The van der Waals surface area contributed by atoms with Crippen molar-refractivity contribution in [1.82, 2.24) is 20.0 Å². The Hall–Kier alpha value is -2.98. The molecule has 11 nitrogen and oxygen atoms in total. The van der Waals surface area contributed by atoms with Gasteiger partial charge in [-0.25, -0.2) is 9.59 Å². The summed E-state index contributed by atoms with van der Waals surface area (Å²) in [4.78, 5) is 52.2. The molecule has 5 N–H and O–H groups in total. The van der Waals surface area contributed by atoms with Gasteiger partial charge in [-0.15, -0.1) is 0 Å². The second kappa shape index (κ2) is 8.60. The van der Waals surface area contributed by atoms with E-state index in [4.69, 9.17) is 11.5 Å². The number of β-lactam (4-membered cyclic amide) rings is 1. The van der Waals surface area contributed by atoms with E-state index in [1.807, 2.05) is 0 Å². The van der Waals surface area contributed by atoms with Crippen molar-refractivity contribution < 1.29 is 23.9 Å². The number of amides is 5. The van der Waals surface area contributed by atoms with Crippen molar-refractivity contribution in [2.75, 3.05) is 39.8 Å². The van der Waals surface area contributed by atoms with Crippen molar-refractivity contribution in [3.63, 3.8) is 0 Å². The SMILES string of the molecule is C=C(N)NCCC[C@H]1C(=O)N(C(=O)N2CCN(C(=O)OC)CC2)C1C(N)=O. The Labute approximate surface area is 157 Å². The number of urea groups is 1. The standard InChI is InChI=1S/C16H26N6O5/c1-10(17)19-5-3-4-11-12(13(18)23)22(14(11)24)15(25)20-6-8-21(9-7-20)16(26)27-2/h11-12,19H,1,3-9,17H2,2H3,(H2,18,23)/t11-,12?/m1/s1. The van der Waals surface area contributed by atoms with Gasteiger partial charge >= 0.3 is 12.1 Å². The number of primary amides is 1. The molecule has 2 fully saturated rings. The van der Waals surface area contributed by atoms with E-state index >= 15 is 0 Å². The molecule has 27 heavy (non-hydrogen) atoms. The summed E-state index contributed by atoms with van der Waals surface area (Å²) in [5.41, 5.74) is 10.8. The molecule has 150 valence electrons. The molecule has 5 amide bonds. The molecular weight excluding hydrogens is 356 g/mol. The number of rotatable bonds is 6. The Bertz CT molecular complexity index is 631. The largest absolute Gasteiger partial charge is 0.453 e. The van der Waals surface area contributed by atoms with E-state index in [2.05, 4.69) is 16.6 Å². The number of hydrogen-bond donors (Lipinski definition) is 3. The first-order chi connectivity index (χ1) is 12.8. The number of nitrogens with zero attached hydrogens (tertiary/aromatic N) is 3. The second-order valence-corrected chi connectivity index (χ2v) is 6.48. The molecule has 11 heteroatoms. The first-order valence-electron chi connectivity index (χ1n) is 8.70. The fourth-order valence-corrected chi connectivity index (χ4v) is 3.30. The van der Waals surface area contributed by atoms with E-state index in [9.17, 15) is 19.2 Å². The molecule has 2 aliphatic heterocycles. The highest BCUT2D eigenvalue weighted by molar-refractivity contribution is 6.08. The minimum atomic E-state index is -0.954. The summed E-state index contributed by atoms with van der Waals surface area (Å²) in [7, 11) is 1.29. The molecule has 2 atom stereocenters. The maximum Gasteiger partial charge on any atom is 0.409 e. The zero-order valence-corrected chi connectivity index (χ0v) is 15.3. The van der Waals surface area contributed by atoms with Crippen LogP contribution in [0.3, 0.4) is 0 Å². The van der Waals surface area contributed by atoms with Gasteiger partial charge in [-0.05, 0) is 12.8 Å². The van der Waals surface area contributed by atoms with Gasteiger partial charge in [0.25, 0.3) is 0 Å². The Morgan fingerprint density at radius 3 is 2.30 bits per heavy atom. The highest BCUT2D eigenvalue weighted by Gasteiger charge is 2.54. The normalized spacial score (nSPS) is 22.1. The third-order valence-corrected chi connectivity index (χ3v) is 4.74. The lowest BCUT2D eigenvalue weighted by molar-refractivity contribution is -0.157. The van der Waals surface area contributed by atoms with Gasteiger partial charge in [0.1, 0.15) is 6.04 Å². The lowest BCUT2D eigenvalue weighted by Crippen LogP contribution is -2.70. The van der Waals surface area contributed by atoms with Crippen LogP contribution >= 0.6 is 0 Å². The molecule has 0 aromatic heterocycles. The van der Waals surface area contributed by atoms with E-state index in [-0.39, 0.29) is 13.1 Å². The van der Waals surface area contributed by atoms with Crippen molar-refractivity contribution >= 4 is 23.9 Å². The third kappa shape index (κ3) is 4.41. The molecule has 0 bridgehead atoms. The van der Waals surface area contributed by atoms with Crippen molar-refractivity contribution in [3.05, 3.63) is 12.4 Å². The number of ether oxygens (including phenoxy) is 1. The van der Waals surface area contributed by atoms with Gasteiger partial charge in [0, 0.05) is 32.7 Å². The van der Waals surface area contributed by atoms with E-state index in [1.54, 1.807) is 0 Å². The third-order valence-electron chi connectivity index (χ3n) is 4.74. The lowest BCUT2D eigenvalue weighted by atomic mass is 9.83. The zero-order chi connectivity index (χ0) is 20.1. The van der Waals surface area contributed by atoms with Crippen LogP contribution < -0.4 is 16.8 Å². The summed E-state index contributed by atoms with van der Waals surface area (Å²) in [5, 5.41) is 2.84. The highest BCUT2D eigenvalue weighted by Crippen LogP contribution is 2.31. The Morgan fingerprint density at radius 1 is 1.19 bits per heavy atom. The average Bonchev–Trinajstić information content (AvgIpc) is 2.64. The van der Waals surface area contributed by atoms with E-state index in [0.29, 0.717) is 38.3 Å². The smallest absolute Gasteiger partial charge is 0.409 e. The summed E-state index contributed by atoms with van der Waals surface area (Å²) >= 11 is 0. The van der Waals surface area contributed by atoms with Crippen molar-refractivity contribution in [3.8, 4) is 0 Å². The van der Waals surface area contributed by atoms with Crippen LogP contribution in [0, 0.1) is 5.92 Å². The molecule has 0 aliphatic carbocycles. The predicted molar refractivity (Wildman–Crippen MR) is 94.8 cm³/mol. The summed E-state index contributed by atoms with van der Waals surface area (Å²) in [6, 6.07) is -1.51. The second-order valence-electron chi connectivity index (χ2n) is 6.48. The summed E-state index contributed by atoms with van der Waals surface area (Å²) in [6.45, 7) is 5.09. The number of nitrogens with one attached hydrogen (secondary N) is 1. The number of carbonyl (C=O) groups is 4. The Balaban J connectivity index is 1.92. The van der Waals surface area contributed by atoms with Crippen LogP contribution in [0.1, 0.15) is 12.8 Å². The minimum absolute atomic E-state index is 0.246. The molecule has 1 unspecified atom stereocenters. The topological polar surface area (TPSA) is 151 Å². The van der Waals surface area contributed by atoms with Crippen molar-refractivity contribution in [2.45, 2.75) is 18.9 Å². The number of nitrogens with two attached hydrogens (primary N) is 2. The van der Waals surface area contributed by atoms with Crippen molar-refractivity contribution in [2.24, 2.45) is 17.4 Å². The maximum absolute atomic E-state index is 12.7. The fourth-order valence-electron chi connectivity index (χ4n) is 3.30. The van der Waals surface area contributed by atoms with Gasteiger partial charge in [0.05, 0.1) is 18.8 Å². The van der Waals surface area contributed by atoms with E-state index in [1.165, 1.54) is 16.9 Å². The molecule has 0 radical (unpaired) electrons. The van der Waals surface area contributed by atoms with Crippen LogP contribution in [-0.4, -0.2) is 84.5 Å². The Kier molecular flexibility index (Phi) is 6.48. The minimum Gasteiger partial charge on any atom is -0.453 e. The van der Waals surface area contributed by atoms with E-state index in [0.717, 1.165) is 4.90 Å². The predicted octanol–water partition coefficient (Wildman–Crippen LogP) is -1.40. The van der Waals surface area contributed by atoms with Crippen LogP contribution in [0.25, 0.3) is 0 Å². The van der Waals surface area contributed by atoms with Gasteiger partial charge in [-0.3, -0.25) is 14.5 Å². The number of likely N-dealkylation sites (tertiary alicyclic amines) is 1. The average molecular weight is 382 g/mol. The molecule has 0 spiro atoms. The van der Waals surface area contributed by atoms with Gasteiger partial charge in [0.2, 0.25) is 11.8 Å². The van der Waals surface area contributed by atoms with E-state index < -0.39 is 35.9 Å². The molecule has 2 rings (SSSR count). The van der Waals surface area contributed by atoms with Crippen LogP contribution in [-0.2, 0) is 14.3 Å². The van der Waals surface area contributed by atoms with Gasteiger partial charge in [0.15, 0.2) is 0 Å². The van der Waals surface area contributed by atoms with Crippen LogP contribution in [0.2, 0.25) is 0 Å². The number of imide groups is 1. The van der Waals surface area contributed by atoms with Crippen molar-refractivity contribution in [1.29, 1.82) is 0 Å². The highest BCUT2D eigenvalue weighted by atomic mass is 16.5. The summed E-state index contributed by atoms with van der Waals surface area (Å²) in [6.07, 6.45) is 0.522. The van der Waals surface area contributed by atoms with Gasteiger partial charge in [-0.1, -0.05) is 6.58 Å². The zero-order valence-electron chi connectivity index (χ0n) is 15.3. The molecule has 0 saturated carbocycles. The Morgan fingerprint density at radius 2 is 1.78 bits per heavy atom. The molecule has 2 saturated heterocycles. The quantitative estimate of drug-likeness (QED) is 0.377. The number of piperazine rings is 1. The van der Waals surface area contributed by atoms with Crippen LogP contribution in [0.15, 0.2) is 12.4 Å². The van der Waals surface area contributed by atoms with Gasteiger partial charge in [-0.2, -0.15) is 0 Å². The molecular formula is C16H26N6O5. The number of methoxy groups -OCH3 is 1. The first kappa shape index (κ1) is 20.3. The monoisotopic (exact) mass is 382 g/mol. The number of hydrogen-bond acceptors (Lipinski definition) is 7. The molecule has 0 aromatic carbocycles. The van der Waals surface area contributed by atoms with Gasteiger partial charge < -0.3 is 31.3 Å². The fraction of sp³-hybridized carbons (Fsp3) is 0.625. The summed E-state index contributed by atoms with van der Waals surface area (Å²) < 4.78 is 4.65. The molecule has 0 aromatic rings. The first-order valence-corrected chi connectivity index (χ1v) is 8.70. The maximum atomic E-state index is 12.7. The van der Waals surface area contributed by atoms with Crippen LogP contribution in [0.5, 0.6) is 0 Å². The number of carbonyl (C=O) groups excluding carboxylic acids is 4.